The molecular formula is C16H4F4N4. The molecule has 0 radical (unpaired) electrons. The number of halogens is 4. The van der Waals surface area contributed by atoms with Gasteiger partial charge in [0.15, 0.2) is 23.3 Å². The summed E-state index contributed by atoms with van der Waals surface area (Å²) in [5.74, 6) is -7.58. The quantitative estimate of drug-likeness (QED) is 0.420. The highest BCUT2D eigenvalue weighted by Gasteiger charge is 2.24. The van der Waals surface area contributed by atoms with Crippen LogP contribution in [0.4, 0.5) is 17.6 Å². The first-order valence-corrected chi connectivity index (χ1v) is 5.97. The molecule has 2 aromatic carbocycles. The summed E-state index contributed by atoms with van der Waals surface area (Å²) < 4.78 is 50.8. The number of hydrogen-bond acceptors (Lipinski definition) is 4. The van der Waals surface area contributed by atoms with Crippen molar-refractivity contribution in [3.05, 3.63) is 69.8 Å². The first-order chi connectivity index (χ1) is 11.4. The third-order valence-corrected chi connectivity index (χ3v) is 2.61. The Bertz CT molecular complexity index is 886. The maximum atomic E-state index is 12.9. The molecule has 0 heterocycles. The van der Waals surface area contributed by atoms with Crippen molar-refractivity contribution < 1.29 is 17.6 Å². The molecule has 0 atom stereocenters. The molecule has 0 bridgehead atoms. The molecule has 0 unspecified atom stereocenters. The van der Waals surface area contributed by atoms with Crippen molar-refractivity contribution in [3.8, 4) is 24.3 Å². The third kappa shape index (κ3) is 3.65. The van der Waals surface area contributed by atoms with Crippen LogP contribution in [0.2, 0.25) is 0 Å². The van der Waals surface area contributed by atoms with Crippen LogP contribution in [0.1, 0.15) is 22.3 Å². The fourth-order valence-electron chi connectivity index (χ4n) is 1.49. The molecular weight excluding hydrogens is 324 g/mol. The number of rotatable bonds is 0. The summed E-state index contributed by atoms with van der Waals surface area (Å²) in [4.78, 5) is 0. The van der Waals surface area contributed by atoms with Gasteiger partial charge >= 0.3 is 0 Å². The number of hydrogen-bond donors (Lipinski definition) is 0. The summed E-state index contributed by atoms with van der Waals surface area (Å²) in [6, 6.07) is 12.5. The van der Waals surface area contributed by atoms with Gasteiger partial charge in [0.1, 0.15) is 23.3 Å². The minimum absolute atomic E-state index is 0.527. The van der Waals surface area contributed by atoms with Gasteiger partial charge in [0.25, 0.3) is 0 Å². The van der Waals surface area contributed by atoms with Crippen LogP contribution < -0.4 is 0 Å². The van der Waals surface area contributed by atoms with Gasteiger partial charge in [-0.3, -0.25) is 0 Å². The largest absolute Gasteiger partial charge is 0.204 e. The van der Waals surface area contributed by atoms with E-state index in [-0.39, 0.29) is 0 Å². The molecule has 0 amide bonds. The number of benzene rings is 2. The minimum Gasteiger partial charge on any atom is -0.204 e. The average molecular weight is 328 g/mol. The highest BCUT2D eigenvalue weighted by molar-refractivity contribution is 5.43. The monoisotopic (exact) mass is 328 g/mol. The Morgan fingerprint density at radius 3 is 1.33 bits per heavy atom. The second-order valence-corrected chi connectivity index (χ2v) is 4.03. The van der Waals surface area contributed by atoms with Gasteiger partial charge in [-0.05, 0) is 18.2 Å². The maximum absolute atomic E-state index is 12.9. The Morgan fingerprint density at radius 1 is 0.583 bits per heavy atom. The third-order valence-electron chi connectivity index (χ3n) is 2.61. The summed E-state index contributed by atoms with van der Waals surface area (Å²) in [7, 11) is 0. The van der Waals surface area contributed by atoms with Gasteiger partial charge in [-0.2, -0.15) is 21.0 Å². The number of nitrogens with zero attached hydrogens (tertiary/aromatic N) is 4. The molecule has 2 aromatic rings. The van der Waals surface area contributed by atoms with Gasteiger partial charge in [-0.25, -0.2) is 17.6 Å². The summed E-state index contributed by atoms with van der Waals surface area (Å²) in [5, 5.41) is 33.2. The predicted octanol–water partition coefficient (Wildman–Crippen LogP) is 3.42. The Labute approximate surface area is 133 Å². The van der Waals surface area contributed by atoms with E-state index >= 15 is 0 Å². The SMILES string of the molecule is N#Cc1c(F)c(F)c(F)c(C#N)c1F.N#Cc1cccc(C#N)c1. The highest BCUT2D eigenvalue weighted by Crippen LogP contribution is 2.22. The van der Waals surface area contributed by atoms with Crippen LogP contribution >= 0.6 is 0 Å². The molecule has 0 saturated heterocycles. The zero-order valence-electron chi connectivity index (χ0n) is 11.6. The van der Waals surface area contributed by atoms with Crippen molar-refractivity contribution in [3.63, 3.8) is 0 Å². The van der Waals surface area contributed by atoms with E-state index in [0.29, 0.717) is 11.1 Å². The molecule has 2 rings (SSSR count). The minimum atomic E-state index is -2.03. The van der Waals surface area contributed by atoms with E-state index < -0.39 is 34.4 Å². The van der Waals surface area contributed by atoms with Gasteiger partial charge in [0.05, 0.1) is 23.3 Å². The normalized spacial score (nSPS) is 8.67. The first kappa shape index (κ1) is 18.2. The van der Waals surface area contributed by atoms with E-state index in [0.717, 1.165) is 12.1 Å². The van der Waals surface area contributed by atoms with Gasteiger partial charge in [0.2, 0.25) is 0 Å². The second-order valence-electron chi connectivity index (χ2n) is 4.03. The Kier molecular flexibility index (Phi) is 6.01. The number of nitriles is 4. The van der Waals surface area contributed by atoms with Gasteiger partial charge in [-0.15, -0.1) is 0 Å². The van der Waals surface area contributed by atoms with Crippen molar-refractivity contribution in [2.24, 2.45) is 0 Å². The smallest absolute Gasteiger partial charge is 0.197 e. The molecule has 0 N–H and O–H groups in total. The molecule has 4 nitrogen and oxygen atoms in total. The molecule has 116 valence electrons. The molecule has 0 spiro atoms. The lowest BCUT2D eigenvalue weighted by molar-refractivity contribution is 0.429. The molecule has 24 heavy (non-hydrogen) atoms. The van der Waals surface area contributed by atoms with Crippen LogP contribution in [0.15, 0.2) is 24.3 Å². The summed E-state index contributed by atoms with van der Waals surface area (Å²) in [6.45, 7) is 0. The van der Waals surface area contributed by atoms with Crippen LogP contribution in [0.25, 0.3) is 0 Å². The summed E-state index contributed by atoms with van der Waals surface area (Å²) >= 11 is 0. The Morgan fingerprint density at radius 2 is 1.00 bits per heavy atom. The van der Waals surface area contributed by atoms with Crippen LogP contribution in [0.3, 0.4) is 0 Å². The average Bonchev–Trinajstić information content (AvgIpc) is 2.61. The van der Waals surface area contributed by atoms with Crippen molar-refractivity contribution >= 4 is 0 Å². The van der Waals surface area contributed by atoms with Gasteiger partial charge in [0, 0.05) is 0 Å². The van der Waals surface area contributed by atoms with E-state index in [2.05, 4.69) is 0 Å². The van der Waals surface area contributed by atoms with Crippen LogP contribution in [0.5, 0.6) is 0 Å². The fourth-order valence-corrected chi connectivity index (χ4v) is 1.49. The summed E-state index contributed by atoms with van der Waals surface area (Å²) in [5.41, 5.74) is -1.56. The van der Waals surface area contributed by atoms with Crippen molar-refractivity contribution in [1.82, 2.24) is 0 Å². The fraction of sp³-hybridized carbons (Fsp3) is 0. The van der Waals surface area contributed by atoms with E-state index in [9.17, 15) is 17.6 Å². The zero-order valence-corrected chi connectivity index (χ0v) is 11.6. The second kappa shape index (κ2) is 7.94. The Balaban J connectivity index is 0.000000254. The van der Waals surface area contributed by atoms with E-state index in [1.54, 1.807) is 24.3 Å². The lowest BCUT2D eigenvalue weighted by atomic mass is 10.1. The topological polar surface area (TPSA) is 95.2 Å². The van der Waals surface area contributed by atoms with E-state index in [4.69, 9.17) is 21.0 Å². The Hall–Kier alpha value is -3.88. The molecule has 0 aliphatic heterocycles. The highest BCUT2D eigenvalue weighted by atomic mass is 19.2. The molecule has 0 aliphatic carbocycles. The van der Waals surface area contributed by atoms with Gasteiger partial charge in [-0.1, -0.05) is 6.07 Å². The van der Waals surface area contributed by atoms with Gasteiger partial charge < -0.3 is 0 Å². The molecule has 0 saturated carbocycles. The summed E-state index contributed by atoms with van der Waals surface area (Å²) in [6.07, 6.45) is 0. The molecule has 0 fully saturated rings. The zero-order chi connectivity index (χ0) is 18.3. The van der Waals surface area contributed by atoms with Crippen LogP contribution in [-0.2, 0) is 0 Å². The van der Waals surface area contributed by atoms with E-state index in [1.165, 1.54) is 0 Å². The van der Waals surface area contributed by atoms with Crippen LogP contribution in [-0.4, -0.2) is 0 Å². The van der Waals surface area contributed by atoms with Crippen molar-refractivity contribution in [1.29, 1.82) is 21.0 Å². The van der Waals surface area contributed by atoms with E-state index in [1.807, 2.05) is 12.1 Å². The van der Waals surface area contributed by atoms with Crippen molar-refractivity contribution in [2.45, 2.75) is 0 Å². The van der Waals surface area contributed by atoms with Crippen molar-refractivity contribution in [2.75, 3.05) is 0 Å². The molecule has 0 aromatic heterocycles. The first-order valence-electron chi connectivity index (χ1n) is 5.97. The lowest BCUT2D eigenvalue weighted by Gasteiger charge is -2.01. The standard InChI is InChI=1S/C8F4N2.C8H4N2/c9-5-3(1-13)6(10)8(12)7(11)4(5)2-14;9-5-7-2-1-3-8(4-7)6-10/h;1-4H. The van der Waals surface area contributed by atoms with Crippen LogP contribution in [0, 0.1) is 68.6 Å². The maximum Gasteiger partial charge on any atom is 0.197 e. The predicted molar refractivity (Wildman–Crippen MR) is 71.6 cm³/mol. The molecule has 8 heteroatoms. The lowest BCUT2D eigenvalue weighted by Crippen LogP contribution is -2.04. The molecule has 0 aliphatic rings.